The average Bonchev–Trinajstić information content (AvgIpc) is 2.76. The average molecular weight is 415 g/mol. The number of hydrogen-bond donors (Lipinski definition) is 1. The maximum atomic E-state index is 14.2. The van der Waals surface area contributed by atoms with E-state index in [0.29, 0.717) is 11.4 Å². The van der Waals surface area contributed by atoms with E-state index >= 15 is 0 Å². The van der Waals surface area contributed by atoms with Crippen LogP contribution in [-0.2, 0) is 11.2 Å². The number of methoxy groups -OCH3 is 1. The molecule has 3 aromatic rings. The second-order valence-corrected chi connectivity index (χ2v) is 7.87. The lowest BCUT2D eigenvalue weighted by atomic mass is 9.91. The standard InChI is InChI=1S/C24H24ClFO3/c1-28-23-10-9-15(12-21(23)26)11-16-13-20(22-8-4-5-17(14-27)29-22)18-6-2-3-7-19(18)24(16)25/h2-3,6-7,9-10,12-13,17,22,27H,4-5,8,11,14H2,1H3. The largest absolute Gasteiger partial charge is 0.494 e. The second-order valence-electron chi connectivity index (χ2n) is 7.49. The van der Waals surface area contributed by atoms with Crippen molar-refractivity contribution in [3.63, 3.8) is 0 Å². The molecule has 1 N–H and O–H groups in total. The highest BCUT2D eigenvalue weighted by atomic mass is 35.5. The fourth-order valence-corrected chi connectivity index (χ4v) is 4.41. The van der Waals surface area contributed by atoms with E-state index in [1.54, 1.807) is 6.07 Å². The molecular formula is C24H24ClFO3. The maximum absolute atomic E-state index is 14.2. The molecule has 0 radical (unpaired) electrons. The third kappa shape index (κ3) is 4.11. The summed E-state index contributed by atoms with van der Waals surface area (Å²) in [6.07, 6.45) is 3.06. The molecule has 0 spiro atoms. The van der Waals surface area contributed by atoms with Gasteiger partial charge in [0.05, 0.1) is 30.9 Å². The number of aliphatic hydroxyl groups excluding tert-OH is 1. The van der Waals surface area contributed by atoms with E-state index in [9.17, 15) is 9.50 Å². The number of halogens is 2. The molecule has 3 aromatic carbocycles. The summed E-state index contributed by atoms with van der Waals surface area (Å²) in [6.45, 7) is 0.0278. The van der Waals surface area contributed by atoms with E-state index in [4.69, 9.17) is 21.1 Å². The molecule has 1 fully saturated rings. The van der Waals surface area contributed by atoms with Gasteiger partial charge in [-0.3, -0.25) is 0 Å². The van der Waals surface area contributed by atoms with Crippen LogP contribution in [0.3, 0.4) is 0 Å². The van der Waals surface area contributed by atoms with Crippen LogP contribution in [0.15, 0.2) is 48.5 Å². The molecular weight excluding hydrogens is 391 g/mol. The number of benzene rings is 3. The second kappa shape index (κ2) is 8.70. The molecule has 0 amide bonds. The summed E-state index contributed by atoms with van der Waals surface area (Å²) in [5.74, 6) is -0.159. The van der Waals surface area contributed by atoms with Crippen LogP contribution in [0.5, 0.6) is 5.75 Å². The zero-order valence-corrected chi connectivity index (χ0v) is 17.1. The van der Waals surface area contributed by atoms with Crippen LogP contribution >= 0.6 is 11.6 Å². The molecule has 2 unspecified atom stereocenters. The summed E-state index contributed by atoms with van der Waals surface area (Å²) in [4.78, 5) is 0. The monoisotopic (exact) mass is 414 g/mol. The van der Waals surface area contributed by atoms with Crippen molar-refractivity contribution in [3.05, 3.63) is 76.1 Å². The Morgan fingerprint density at radius 3 is 2.66 bits per heavy atom. The van der Waals surface area contributed by atoms with Crippen molar-refractivity contribution in [2.45, 2.75) is 37.9 Å². The van der Waals surface area contributed by atoms with Gasteiger partial charge >= 0.3 is 0 Å². The van der Waals surface area contributed by atoms with Gasteiger partial charge in [-0.2, -0.15) is 0 Å². The molecule has 1 aliphatic rings. The van der Waals surface area contributed by atoms with Gasteiger partial charge in [0.25, 0.3) is 0 Å². The minimum Gasteiger partial charge on any atom is -0.494 e. The van der Waals surface area contributed by atoms with Gasteiger partial charge in [0.2, 0.25) is 0 Å². The lowest BCUT2D eigenvalue weighted by Crippen LogP contribution is -2.25. The molecule has 5 heteroatoms. The molecule has 0 bridgehead atoms. The fraction of sp³-hybridized carbons (Fsp3) is 0.333. The molecule has 0 aliphatic carbocycles. The summed E-state index contributed by atoms with van der Waals surface area (Å²) in [7, 11) is 1.45. The zero-order valence-electron chi connectivity index (χ0n) is 16.3. The van der Waals surface area contributed by atoms with Gasteiger partial charge in [-0.15, -0.1) is 0 Å². The Kier molecular flexibility index (Phi) is 6.04. The Morgan fingerprint density at radius 2 is 1.93 bits per heavy atom. The number of aliphatic hydroxyl groups is 1. The first-order valence-corrected chi connectivity index (χ1v) is 10.3. The predicted octanol–water partition coefficient (Wildman–Crippen LogP) is 5.83. The van der Waals surface area contributed by atoms with Gasteiger partial charge in [-0.25, -0.2) is 4.39 Å². The zero-order chi connectivity index (χ0) is 20.4. The summed E-state index contributed by atoms with van der Waals surface area (Å²) in [6, 6.07) is 15.1. The van der Waals surface area contributed by atoms with Gasteiger partial charge in [0.1, 0.15) is 0 Å². The van der Waals surface area contributed by atoms with Crippen molar-refractivity contribution in [2.24, 2.45) is 0 Å². The van der Waals surface area contributed by atoms with Crippen LogP contribution in [-0.4, -0.2) is 24.9 Å². The van der Waals surface area contributed by atoms with Crippen LogP contribution in [0, 0.1) is 5.82 Å². The Balaban J connectivity index is 1.76. The third-order valence-electron chi connectivity index (χ3n) is 5.60. The van der Waals surface area contributed by atoms with Crippen LogP contribution in [0.25, 0.3) is 10.8 Å². The van der Waals surface area contributed by atoms with Crippen LogP contribution in [0.4, 0.5) is 4.39 Å². The van der Waals surface area contributed by atoms with Crippen LogP contribution in [0.1, 0.15) is 42.1 Å². The minimum atomic E-state index is -0.386. The van der Waals surface area contributed by atoms with Crippen LogP contribution < -0.4 is 4.74 Å². The SMILES string of the molecule is COc1ccc(Cc2cc(C3CCCC(CO)O3)c3ccccc3c2Cl)cc1F. The Hall–Kier alpha value is -2.14. The first-order chi connectivity index (χ1) is 14.1. The molecule has 152 valence electrons. The Labute approximate surface area is 175 Å². The number of hydrogen-bond acceptors (Lipinski definition) is 3. The minimum absolute atomic E-state index is 0.0278. The topological polar surface area (TPSA) is 38.7 Å². The number of rotatable bonds is 5. The van der Waals surface area contributed by atoms with Crippen molar-refractivity contribution < 1.29 is 19.0 Å². The quantitative estimate of drug-likeness (QED) is 0.570. The molecule has 0 saturated carbocycles. The van der Waals surface area contributed by atoms with E-state index in [1.165, 1.54) is 13.2 Å². The number of fused-ring (bicyclic) bond motifs is 1. The molecule has 29 heavy (non-hydrogen) atoms. The smallest absolute Gasteiger partial charge is 0.165 e. The molecule has 4 rings (SSSR count). The normalized spacial score (nSPS) is 19.4. The summed E-state index contributed by atoms with van der Waals surface area (Å²) >= 11 is 6.76. The van der Waals surface area contributed by atoms with Gasteiger partial charge in [0.15, 0.2) is 11.6 Å². The Bertz CT molecular complexity index is 1020. The van der Waals surface area contributed by atoms with Crippen molar-refractivity contribution >= 4 is 22.4 Å². The summed E-state index contributed by atoms with van der Waals surface area (Å²) in [5, 5.41) is 12.2. The highest BCUT2D eigenvalue weighted by molar-refractivity contribution is 6.36. The van der Waals surface area contributed by atoms with Gasteiger partial charge in [-0.05, 0) is 59.9 Å². The van der Waals surface area contributed by atoms with Crippen molar-refractivity contribution in [2.75, 3.05) is 13.7 Å². The fourth-order valence-electron chi connectivity index (χ4n) is 4.13. The molecule has 2 atom stereocenters. The van der Waals surface area contributed by atoms with Gasteiger partial charge < -0.3 is 14.6 Å². The van der Waals surface area contributed by atoms with E-state index in [2.05, 4.69) is 12.1 Å². The lowest BCUT2D eigenvalue weighted by Gasteiger charge is -2.30. The van der Waals surface area contributed by atoms with Crippen molar-refractivity contribution in [1.82, 2.24) is 0 Å². The van der Waals surface area contributed by atoms with Crippen LogP contribution in [0.2, 0.25) is 5.02 Å². The van der Waals surface area contributed by atoms with E-state index < -0.39 is 0 Å². The van der Waals surface area contributed by atoms with E-state index in [1.807, 2.05) is 24.3 Å². The first kappa shape index (κ1) is 20.1. The summed E-state index contributed by atoms with van der Waals surface area (Å²) < 4.78 is 25.3. The Morgan fingerprint density at radius 1 is 1.14 bits per heavy atom. The molecule has 1 aliphatic heterocycles. The van der Waals surface area contributed by atoms with E-state index in [-0.39, 0.29) is 30.4 Å². The predicted molar refractivity (Wildman–Crippen MR) is 113 cm³/mol. The third-order valence-corrected chi connectivity index (χ3v) is 6.04. The molecule has 1 saturated heterocycles. The summed E-state index contributed by atoms with van der Waals surface area (Å²) in [5.41, 5.74) is 2.83. The van der Waals surface area contributed by atoms with E-state index in [0.717, 1.165) is 46.7 Å². The lowest BCUT2D eigenvalue weighted by molar-refractivity contribution is -0.0731. The molecule has 0 aromatic heterocycles. The van der Waals surface area contributed by atoms with Crippen molar-refractivity contribution in [3.8, 4) is 5.75 Å². The van der Waals surface area contributed by atoms with Crippen molar-refractivity contribution in [1.29, 1.82) is 0 Å². The van der Waals surface area contributed by atoms with Gasteiger partial charge in [-0.1, -0.05) is 48.0 Å². The first-order valence-electron chi connectivity index (χ1n) is 9.89. The maximum Gasteiger partial charge on any atom is 0.165 e. The highest BCUT2D eigenvalue weighted by Crippen LogP contribution is 2.39. The molecule has 3 nitrogen and oxygen atoms in total. The van der Waals surface area contributed by atoms with Gasteiger partial charge in [0, 0.05) is 5.39 Å². The highest BCUT2D eigenvalue weighted by Gasteiger charge is 2.26. The number of ether oxygens (including phenoxy) is 2. The molecule has 1 heterocycles.